The van der Waals surface area contributed by atoms with Crippen LogP contribution in [0.1, 0.15) is 5.56 Å². The second kappa shape index (κ2) is 6.35. The van der Waals surface area contributed by atoms with Gasteiger partial charge in [0.05, 0.1) is 0 Å². The van der Waals surface area contributed by atoms with Crippen LogP contribution in [0.25, 0.3) is 0 Å². The van der Waals surface area contributed by atoms with E-state index in [-0.39, 0.29) is 6.03 Å². The summed E-state index contributed by atoms with van der Waals surface area (Å²) >= 11 is 0. The first kappa shape index (κ1) is 12.8. The summed E-state index contributed by atoms with van der Waals surface area (Å²) in [6.45, 7) is 4.12. The van der Waals surface area contributed by atoms with Gasteiger partial charge in [0.1, 0.15) is 0 Å². The number of nitrogens with zero attached hydrogens (tertiary/aromatic N) is 3. The quantitative estimate of drug-likeness (QED) is 0.851. The molecule has 0 bridgehead atoms. The van der Waals surface area contributed by atoms with Crippen LogP contribution in [-0.4, -0.2) is 60.6 Å². The third kappa shape index (κ3) is 3.43. The third-order valence-corrected chi connectivity index (χ3v) is 3.17. The van der Waals surface area contributed by atoms with Crippen LogP contribution in [0, 0.1) is 0 Å². The number of aromatic nitrogens is 1. The van der Waals surface area contributed by atoms with Crippen molar-refractivity contribution in [3.8, 4) is 0 Å². The molecular weight excluding hydrogens is 228 g/mol. The molecule has 0 aliphatic carbocycles. The fraction of sp³-hybridized carbons (Fsp3) is 0.538. The minimum Gasteiger partial charge on any atom is -0.327 e. The van der Waals surface area contributed by atoms with Gasteiger partial charge in [-0.3, -0.25) is 4.98 Å². The monoisotopic (exact) mass is 248 g/mol. The summed E-state index contributed by atoms with van der Waals surface area (Å²) in [6, 6.07) is 4.09. The van der Waals surface area contributed by atoms with E-state index >= 15 is 0 Å². The van der Waals surface area contributed by atoms with Gasteiger partial charge in [0, 0.05) is 52.2 Å². The molecule has 2 amide bonds. The molecule has 1 saturated heterocycles. The molecule has 0 atom stereocenters. The predicted molar refractivity (Wildman–Crippen MR) is 70.4 cm³/mol. The van der Waals surface area contributed by atoms with Gasteiger partial charge in [-0.25, -0.2) is 4.79 Å². The molecule has 2 heterocycles. The lowest BCUT2D eigenvalue weighted by atomic mass is 10.2. The van der Waals surface area contributed by atoms with E-state index in [4.69, 9.17) is 0 Å². The third-order valence-electron chi connectivity index (χ3n) is 3.17. The van der Waals surface area contributed by atoms with Crippen molar-refractivity contribution in [2.75, 3.05) is 39.8 Å². The predicted octanol–water partition coefficient (Wildman–Crippen LogP) is 0.581. The number of nitrogens with one attached hydrogen (secondary N) is 1. The number of pyridine rings is 1. The summed E-state index contributed by atoms with van der Waals surface area (Å²) in [5.41, 5.74) is 1.16. The van der Waals surface area contributed by atoms with Crippen molar-refractivity contribution >= 4 is 6.03 Å². The summed E-state index contributed by atoms with van der Waals surface area (Å²) < 4.78 is 0. The maximum absolute atomic E-state index is 12.1. The number of carbonyl (C=O) groups excluding carboxylic acids is 1. The Morgan fingerprint density at radius 2 is 2.28 bits per heavy atom. The molecule has 18 heavy (non-hydrogen) atoms. The number of rotatable bonds is 3. The van der Waals surface area contributed by atoms with E-state index in [0.29, 0.717) is 0 Å². The summed E-state index contributed by atoms with van der Waals surface area (Å²) in [4.78, 5) is 19.9. The zero-order valence-electron chi connectivity index (χ0n) is 10.8. The molecule has 2 rings (SSSR count). The van der Waals surface area contributed by atoms with E-state index in [9.17, 15) is 4.79 Å². The van der Waals surface area contributed by atoms with Crippen LogP contribution in [0.4, 0.5) is 4.79 Å². The average molecular weight is 248 g/mol. The average Bonchev–Trinajstić information content (AvgIpc) is 2.46. The number of carbonyl (C=O) groups is 1. The Bertz CT molecular complexity index is 376. The van der Waals surface area contributed by atoms with Crippen molar-refractivity contribution in [1.29, 1.82) is 0 Å². The van der Waals surface area contributed by atoms with E-state index in [2.05, 4.69) is 10.3 Å². The molecule has 0 aromatic carbocycles. The van der Waals surface area contributed by atoms with E-state index in [1.54, 1.807) is 11.1 Å². The van der Waals surface area contributed by atoms with Crippen molar-refractivity contribution in [2.45, 2.75) is 6.42 Å². The maximum atomic E-state index is 12.1. The number of piperazine rings is 1. The van der Waals surface area contributed by atoms with Crippen LogP contribution in [0.15, 0.2) is 24.5 Å². The molecule has 0 unspecified atom stereocenters. The fourth-order valence-electron chi connectivity index (χ4n) is 2.04. The van der Waals surface area contributed by atoms with Crippen LogP contribution >= 0.6 is 0 Å². The number of hydrogen-bond acceptors (Lipinski definition) is 3. The standard InChI is InChI=1S/C13H20N4O/c1-16(8-4-12-3-2-5-15-11-12)13(18)17-9-6-14-7-10-17/h2-3,5,11,14H,4,6-10H2,1H3. The molecule has 5 heteroatoms. The molecule has 1 aromatic heterocycles. The first-order valence-electron chi connectivity index (χ1n) is 6.37. The molecule has 0 saturated carbocycles. The first-order valence-corrected chi connectivity index (χ1v) is 6.37. The summed E-state index contributed by atoms with van der Waals surface area (Å²) in [5.74, 6) is 0. The van der Waals surface area contributed by atoms with E-state index in [0.717, 1.165) is 44.7 Å². The summed E-state index contributed by atoms with van der Waals surface area (Å²) in [5, 5.41) is 3.25. The minimum absolute atomic E-state index is 0.125. The molecule has 98 valence electrons. The number of urea groups is 1. The molecule has 1 aliphatic rings. The van der Waals surface area contributed by atoms with Gasteiger partial charge in [0.2, 0.25) is 0 Å². The van der Waals surface area contributed by atoms with Gasteiger partial charge in [-0.15, -0.1) is 0 Å². The van der Waals surface area contributed by atoms with E-state index < -0.39 is 0 Å². The summed E-state index contributed by atoms with van der Waals surface area (Å²) in [6.07, 6.45) is 4.46. The highest BCUT2D eigenvalue weighted by atomic mass is 16.2. The Labute approximate surface area is 108 Å². The highest BCUT2D eigenvalue weighted by molar-refractivity contribution is 5.74. The van der Waals surface area contributed by atoms with Gasteiger partial charge >= 0.3 is 6.03 Å². The second-order valence-corrected chi connectivity index (χ2v) is 4.55. The van der Waals surface area contributed by atoms with Crippen LogP contribution in [0.2, 0.25) is 0 Å². The largest absolute Gasteiger partial charge is 0.327 e. The molecule has 0 spiro atoms. The highest BCUT2D eigenvalue weighted by Gasteiger charge is 2.19. The molecule has 1 aliphatic heterocycles. The normalized spacial score (nSPS) is 15.5. The Hall–Kier alpha value is -1.62. The van der Waals surface area contributed by atoms with Crippen molar-refractivity contribution in [2.24, 2.45) is 0 Å². The van der Waals surface area contributed by atoms with Gasteiger partial charge in [-0.1, -0.05) is 6.07 Å². The lowest BCUT2D eigenvalue weighted by Crippen LogP contribution is -2.50. The van der Waals surface area contributed by atoms with Gasteiger partial charge in [0.25, 0.3) is 0 Å². The SMILES string of the molecule is CN(CCc1cccnc1)C(=O)N1CCNCC1. The number of likely N-dealkylation sites (N-methyl/N-ethyl adjacent to an activating group) is 1. The van der Waals surface area contributed by atoms with Crippen LogP contribution in [0.3, 0.4) is 0 Å². The minimum atomic E-state index is 0.125. The Morgan fingerprint density at radius 1 is 1.50 bits per heavy atom. The lowest BCUT2D eigenvalue weighted by Gasteiger charge is -2.31. The first-order chi connectivity index (χ1) is 8.77. The molecule has 1 fully saturated rings. The number of amides is 2. The van der Waals surface area contributed by atoms with Gasteiger partial charge in [-0.2, -0.15) is 0 Å². The fourth-order valence-corrected chi connectivity index (χ4v) is 2.04. The van der Waals surface area contributed by atoms with E-state index in [1.165, 1.54) is 0 Å². The molecule has 1 aromatic rings. The zero-order valence-corrected chi connectivity index (χ0v) is 10.8. The van der Waals surface area contributed by atoms with Crippen molar-refractivity contribution in [3.05, 3.63) is 30.1 Å². The van der Waals surface area contributed by atoms with Crippen LogP contribution < -0.4 is 5.32 Å². The highest BCUT2D eigenvalue weighted by Crippen LogP contribution is 2.02. The Morgan fingerprint density at radius 3 is 2.94 bits per heavy atom. The zero-order chi connectivity index (χ0) is 12.8. The van der Waals surface area contributed by atoms with Crippen molar-refractivity contribution in [3.63, 3.8) is 0 Å². The van der Waals surface area contributed by atoms with Gasteiger partial charge < -0.3 is 15.1 Å². The van der Waals surface area contributed by atoms with Crippen molar-refractivity contribution < 1.29 is 4.79 Å². The Kier molecular flexibility index (Phi) is 4.52. The maximum Gasteiger partial charge on any atom is 0.319 e. The Balaban J connectivity index is 1.80. The number of hydrogen-bond donors (Lipinski definition) is 1. The second-order valence-electron chi connectivity index (χ2n) is 4.55. The lowest BCUT2D eigenvalue weighted by molar-refractivity contribution is 0.156. The van der Waals surface area contributed by atoms with Gasteiger partial charge in [-0.05, 0) is 18.1 Å². The van der Waals surface area contributed by atoms with Crippen LogP contribution in [-0.2, 0) is 6.42 Å². The summed E-state index contributed by atoms with van der Waals surface area (Å²) in [7, 11) is 1.86. The molecule has 1 N–H and O–H groups in total. The smallest absolute Gasteiger partial charge is 0.319 e. The molecule has 5 nitrogen and oxygen atoms in total. The van der Waals surface area contributed by atoms with Gasteiger partial charge in [0.15, 0.2) is 0 Å². The topological polar surface area (TPSA) is 48.5 Å². The van der Waals surface area contributed by atoms with Crippen molar-refractivity contribution in [1.82, 2.24) is 20.1 Å². The van der Waals surface area contributed by atoms with Crippen LogP contribution in [0.5, 0.6) is 0 Å². The molecular formula is C13H20N4O. The van der Waals surface area contributed by atoms with E-state index in [1.807, 2.05) is 30.3 Å². The molecule has 0 radical (unpaired) electrons.